The topological polar surface area (TPSA) is 90.7 Å². The second-order valence-electron chi connectivity index (χ2n) is 8.98. The maximum atomic E-state index is 13.0. The zero-order chi connectivity index (χ0) is 25.3. The Morgan fingerprint density at radius 1 is 1.12 bits per heavy atom. The largest absolute Gasteiger partial charge is 0.573 e. The summed E-state index contributed by atoms with van der Waals surface area (Å²) in [4.78, 5) is 12.1. The minimum Gasteiger partial charge on any atom is -0.461 e. The molecule has 8 nitrogen and oxygen atoms in total. The van der Waals surface area contributed by atoms with Gasteiger partial charge in [0.15, 0.2) is 5.69 Å². The molecule has 1 aliphatic heterocycles. The minimum atomic E-state index is -4.85. The zero-order valence-corrected chi connectivity index (χ0v) is 20.2. The van der Waals surface area contributed by atoms with Crippen LogP contribution in [0.15, 0.2) is 35.2 Å². The molecule has 1 aliphatic rings. The lowest BCUT2D eigenvalue weighted by Crippen LogP contribution is -2.40. The van der Waals surface area contributed by atoms with E-state index in [2.05, 4.69) is 9.84 Å². The van der Waals surface area contributed by atoms with E-state index in [9.17, 15) is 26.4 Å². The van der Waals surface area contributed by atoms with Gasteiger partial charge in [0.05, 0.1) is 17.5 Å². The number of alkyl halides is 3. The van der Waals surface area contributed by atoms with Crippen molar-refractivity contribution in [2.45, 2.75) is 63.3 Å². The van der Waals surface area contributed by atoms with Crippen LogP contribution in [-0.4, -0.2) is 54.5 Å². The molecule has 1 aromatic carbocycles. The van der Waals surface area contributed by atoms with E-state index in [0.717, 1.165) is 30.0 Å². The summed E-state index contributed by atoms with van der Waals surface area (Å²) in [5, 5.41) is 4.47. The molecule has 0 spiro atoms. The maximum absolute atomic E-state index is 13.0. The predicted molar refractivity (Wildman–Crippen MR) is 117 cm³/mol. The Hall–Kier alpha value is -2.60. The number of carbonyl (C=O) groups is 1. The van der Waals surface area contributed by atoms with Crippen LogP contribution in [0.2, 0.25) is 0 Å². The fourth-order valence-electron chi connectivity index (χ4n) is 3.83. The van der Waals surface area contributed by atoms with E-state index in [1.807, 2.05) is 20.8 Å². The first-order valence-electron chi connectivity index (χ1n) is 10.9. The van der Waals surface area contributed by atoms with Crippen LogP contribution in [0, 0.1) is 0 Å². The van der Waals surface area contributed by atoms with Gasteiger partial charge < -0.3 is 9.47 Å². The average Bonchev–Trinajstić information content (AvgIpc) is 3.20. The molecule has 1 aromatic heterocycles. The average molecular weight is 504 g/mol. The molecule has 0 saturated carbocycles. The van der Waals surface area contributed by atoms with Crippen LogP contribution in [-0.2, 0) is 20.2 Å². The number of nitrogens with zero attached hydrogens (tertiary/aromatic N) is 3. The van der Waals surface area contributed by atoms with Crippen molar-refractivity contribution in [1.82, 2.24) is 14.1 Å². The highest BCUT2D eigenvalue weighted by molar-refractivity contribution is 7.89. The summed E-state index contributed by atoms with van der Waals surface area (Å²) in [6.07, 6.45) is -3.93. The molecule has 0 radical (unpaired) electrons. The summed E-state index contributed by atoms with van der Waals surface area (Å²) < 4.78 is 75.0. The lowest BCUT2D eigenvalue weighted by Gasteiger charge is -2.33. The lowest BCUT2D eigenvalue weighted by molar-refractivity contribution is -0.274. The van der Waals surface area contributed by atoms with E-state index in [4.69, 9.17) is 4.74 Å². The standard InChI is InChI=1S/C22H28F3N3O5S/c1-5-32-20(29)18-14-19(21(2,3)4)28(26-18)15-10-12-27(13-11-15)34(30,31)17-8-6-16(7-9-17)33-22(23,24)25/h6-9,14-15H,5,10-13H2,1-4H3. The molecule has 0 aliphatic carbocycles. The van der Waals surface area contributed by atoms with Gasteiger partial charge in [-0.15, -0.1) is 13.2 Å². The highest BCUT2D eigenvalue weighted by atomic mass is 32.2. The fraction of sp³-hybridized carbons (Fsp3) is 0.545. The number of sulfonamides is 1. The molecule has 188 valence electrons. The molecular weight excluding hydrogens is 475 g/mol. The van der Waals surface area contributed by atoms with Gasteiger partial charge in [-0.25, -0.2) is 13.2 Å². The van der Waals surface area contributed by atoms with Crippen LogP contribution in [0.25, 0.3) is 0 Å². The number of hydrogen-bond donors (Lipinski definition) is 0. The van der Waals surface area contributed by atoms with Crippen LogP contribution in [0.5, 0.6) is 5.75 Å². The number of piperidine rings is 1. The Balaban J connectivity index is 1.75. The van der Waals surface area contributed by atoms with Crippen LogP contribution >= 0.6 is 0 Å². The van der Waals surface area contributed by atoms with E-state index in [0.29, 0.717) is 12.8 Å². The van der Waals surface area contributed by atoms with E-state index in [1.54, 1.807) is 17.7 Å². The molecule has 34 heavy (non-hydrogen) atoms. The van der Waals surface area contributed by atoms with Crippen LogP contribution < -0.4 is 4.74 Å². The van der Waals surface area contributed by atoms with Gasteiger partial charge in [0.25, 0.3) is 0 Å². The molecule has 2 aromatic rings. The summed E-state index contributed by atoms with van der Waals surface area (Å²) >= 11 is 0. The van der Waals surface area contributed by atoms with Gasteiger partial charge in [-0.05, 0) is 50.1 Å². The Morgan fingerprint density at radius 3 is 2.21 bits per heavy atom. The molecule has 1 fully saturated rings. The summed E-state index contributed by atoms with van der Waals surface area (Å²) in [5.74, 6) is -0.999. The van der Waals surface area contributed by atoms with Crippen molar-refractivity contribution in [2.75, 3.05) is 19.7 Å². The molecular formula is C22H28F3N3O5S. The molecule has 0 amide bonds. The molecule has 2 heterocycles. The van der Waals surface area contributed by atoms with Crippen molar-refractivity contribution in [3.63, 3.8) is 0 Å². The Morgan fingerprint density at radius 2 is 1.71 bits per heavy atom. The zero-order valence-electron chi connectivity index (χ0n) is 19.4. The number of aromatic nitrogens is 2. The summed E-state index contributed by atoms with van der Waals surface area (Å²) in [6, 6.07) is 5.74. The second-order valence-corrected chi connectivity index (χ2v) is 10.9. The highest BCUT2D eigenvalue weighted by Crippen LogP contribution is 2.33. The molecule has 12 heteroatoms. The molecule has 0 unspecified atom stereocenters. The molecule has 1 saturated heterocycles. The number of carbonyl (C=O) groups excluding carboxylic acids is 1. The predicted octanol–water partition coefficient (Wildman–Crippen LogP) is 4.28. The number of hydrogen-bond acceptors (Lipinski definition) is 6. The Bertz CT molecular complexity index is 1110. The number of rotatable bonds is 6. The van der Waals surface area contributed by atoms with E-state index in [1.165, 1.54) is 4.31 Å². The Labute approximate surface area is 196 Å². The number of halogens is 3. The number of ether oxygens (including phenoxy) is 2. The lowest BCUT2D eigenvalue weighted by atomic mass is 9.91. The third-order valence-electron chi connectivity index (χ3n) is 5.45. The van der Waals surface area contributed by atoms with Crippen molar-refractivity contribution in [1.29, 1.82) is 0 Å². The maximum Gasteiger partial charge on any atom is 0.573 e. The van der Waals surface area contributed by atoms with E-state index in [-0.39, 0.29) is 41.7 Å². The first-order valence-corrected chi connectivity index (χ1v) is 12.3. The van der Waals surface area contributed by atoms with Crippen LogP contribution in [0.4, 0.5) is 13.2 Å². The van der Waals surface area contributed by atoms with Gasteiger partial charge in [-0.3, -0.25) is 4.68 Å². The molecule has 3 rings (SSSR count). The van der Waals surface area contributed by atoms with Gasteiger partial charge in [0.2, 0.25) is 10.0 Å². The van der Waals surface area contributed by atoms with Crippen molar-refractivity contribution in [2.24, 2.45) is 0 Å². The van der Waals surface area contributed by atoms with Gasteiger partial charge in [0, 0.05) is 24.2 Å². The normalized spacial score (nSPS) is 16.4. The molecule has 0 atom stereocenters. The third-order valence-corrected chi connectivity index (χ3v) is 7.37. The fourth-order valence-corrected chi connectivity index (χ4v) is 5.30. The summed E-state index contributed by atoms with van der Waals surface area (Å²) in [6.45, 7) is 8.35. The van der Waals surface area contributed by atoms with Gasteiger partial charge in [0.1, 0.15) is 5.75 Å². The van der Waals surface area contributed by atoms with Gasteiger partial charge in [-0.2, -0.15) is 9.40 Å². The van der Waals surface area contributed by atoms with E-state index < -0.39 is 28.1 Å². The summed E-state index contributed by atoms with van der Waals surface area (Å²) in [5.41, 5.74) is 0.751. The Kier molecular flexibility index (Phi) is 7.32. The molecule has 0 bridgehead atoms. The SMILES string of the molecule is CCOC(=O)c1cc(C(C)(C)C)n(C2CCN(S(=O)(=O)c3ccc(OC(F)(F)F)cc3)CC2)n1. The second kappa shape index (κ2) is 9.57. The summed E-state index contributed by atoms with van der Waals surface area (Å²) in [7, 11) is -3.89. The monoisotopic (exact) mass is 503 g/mol. The third kappa shape index (κ3) is 5.90. The van der Waals surface area contributed by atoms with Crippen molar-refractivity contribution in [3.05, 3.63) is 41.7 Å². The van der Waals surface area contributed by atoms with Gasteiger partial charge in [-0.1, -0.05) is 20.8 Å². The first-order chi connectivity index (χ1) is 15.7. The smallest absolute Gasteiger partial charge is 0.461 e. The highest BCUT2D eigenvalue weighted by Gasteiger charge is 2.34. The quantitative estimate of drug-likeness (QED) is 0.547. The first kappa shape index (κ1) is 26.0. The molecule has 0 N–H and O–H groups in total. The van der Waals surface area contributed by atoms with Crippen molar-refractivity contribution >= 4 is 16.0 Å². The number of esters is 1. The van der Waals surface area contributed by atoms with Crippen molar-refractivity contribution in [3.8, 4) is 5.75 Å². The van der Waals surface area contributed by atoms with Crippen LogP contribution in [0.1, 0.15) is 62.8 Å². The van der Waals surface area contributed by atoms with E-state index >= 15 is 0 Å². The van der Waals surface area contributed by atoms with Crippen molar-refractivity contribution < 1.29 is 35.9 Å². The van der Waals surface area contributed by atoms with Gasteiger partial charge >= 0.3 is 12.3 Å². The minimum absolute atomic E-state index is 0.112. The number of benzene rings is 1. The van der Waals surface area contributed by atoms with Crippen LogP contribution in [0.3, 0.4) is 0 Å².